The number of amides is 5. The molecule has 0 radical (unpaired) electrons. The fourth-order valence-corrected chi connectivity index (χ4v) is 3.83. The molecule has 1 aromatic carbocycles. The summed E-state index contributed by atoms with van der Waals surface area (Å²) >= 11 is 0. The maximum Gasteiger partial charge on any atom is 0.312 e. The quantitative estimate of drug-likeness (QED) is 0.0360. The number of hydrogen-bond donors (Lipinski definition) is 6. The maximum atomic E-state index is 13.2. The van der Waals surface area contributed by atoms with Gasteiger partial charge < -0.3 is 51.1 Å². The van der Waals surface area contributed by atoms with E-state index in [1.807, 2.05) is 0 Å². The summed E-state index contributed by atoms with van der Waals surface area (Å²) in [6.07, 6.45) is 0.571. The third kappa shape index (κ3) is 19.4. The van der Waals surface area contributed by atoms with Gasteiger partial charge in [-0.1, -0.05) is 31.1 Å². The Labute approximate surface area is 268 Å². The number of nitrogens with one attached hydrogen (secondary N) is 4. The molecular formula is C29H48N8O9. The minimum Gasteiger partial charge on any atom is -0.392 e. The first-order chi connectivity index (χ1) is 22.2. The molecule has 7 N–H and O–H groups in total. The largest absolute Gasteiger partial charge is 0.392 e. The number of carbonyl (C=O) groups is 4. The summed E-state index contributed by atoms with van der Waals surface area (Å²) < 4.78 is 21.4. The molecule has 1 rings (SSSR count). The lowest BCUT2D eigenvalue weighted by Gasteiger charge is -2.25. The molecule has 258 valence electrons. The van der Waals surface area contributed by atoms with Crippen molar-refractivity contribution in [2.75, 3.05) is 71.3 Å². The number of aliphatic hydroxyl groups is 1. The second kappa shape index (κ2) is 25.2. The Kier molecular flexibility index (Phi) is 22.0. The fraction of sp³-hybridized carbons (Fsp3) is 0.655. The number of nitrogens with zero attached hydrogens (tertiary/aromatic N) is 3. The van der Waals surface area contributed by atoms with Gasteiger partial charge >= 0.3 is 6.03 Å². The standard InChI is InChI=1S/C29H48N8O9/c1-21(2)26(36-25(39)9-12-43-14-16-45-18-19-46-17-15-44-13-11-33-37-31)28(41)35-24(4-3-10-32-29(30)42)27(40)34-23-7-5-22(20-38)6-8-23/h5-8,21,24,26,38H,3-4,9-20H2,1-2H3,(H,34,40)(H,35,41)(H,36,39)(H3,30,32,42)/t24-,26+/m0/s1. The molecule has 0 spiro atoms. The van der Waals surface area contributed by atoms with E-state index in [9.17, 15) is 24.3 Å². The lowest BCUT2D eigenvalue weighted by molar-refractivity contribution is -0.132. The molecule has 0 unspecified atom stereocenters. The van der Waals surface area contributed by atoms with Crippen molar-refractivity contribution in [2.24, 2.45) is 16.8 Å². The highest BCUT2D eigenvalue weighted by Crippen LogP contribution is 2.12. The van der Waals surface area contributed by atoms with E-state index in [2.05, 4.69) is 31.3 Å². The van der Waals surface area contributed by atoms with Gasteiger partial charge in [0.05, 0.1) is 59.5 Å². The first-order valence-electron chi connectivity index (χ1n) is 15.1. The van der Waals surface area contributed by atoms with E-state index >= 15 is 0 Å². The van der Waals surface area contributed by atoms with Crippen molar-refractivity contribution in [3.63, 3.8) is 0 Å². The molecule has 1 aromatic rings. The van der Waals surface area contributed by atoms with Crippen LogP contribution < -0.4 is 27.0 Å². The third-order valence-corrected chi connectivity index (χ3v) is 6.26. The van der Waals surface area contributed by atoms with Gasteiger partial charge in [0.1, 0.15) is 12.1 Å². The lowest BCUT2D eigenvalue weighted by atomic mass is 10.0. The number of primary amides is 1. The van der Waals surface area contributed by atoms with E-state index in [-0.39, 0.29) is 57.6 Å². The molecule has 0 heterocycles. The van der Waals surface area contributed by atoms with Crippen molar-refractivity contribution >= 4 is 29.4 Å². The minimum atomic E-state index is -0.963. The predicted molar refractivity (Wildman–Crippen MR) is 168 cm³/mol. The average molecular weight is 653 g/mol. The van der Waals surface area contributed by atoms with Crippen LogP contribution in [0.1, 0.15) is 38.7 Å². The van der Waals surface area contributed by atoms with E-state index in [4.69, 9.17) is 30.2 Å². The molecule has 0 aliphatic rings. The summed E-state index contributed by atoms with van der Waals surface area (Å²) in [6.45, 7) is 6.47. The fourth-order valence-electron chi connectivity index (χ4n) is 3.83. The van der Waals surface area contributed by atoms with Crippen molar-refractivity contribution in [1.29, 1.82) is 0 Å². The molecule has 46 heavy (non-hydrogen) atoms. The van der Waals surface area contributed by atoms with Crippen LogP contribution in [0.2, 0.25) is 0 Å². The van der Waals surface area contributed by atoms with Gasteiger partial charge in [0.25, 0.3) is 0 Å². The van der Waals surface area contributed by atoms with Crippen LogP contribution in [0.4, 0.5) is 10.5 Å². The Morgan fingerprint density at radius 1 is 0.891 bits per heavy atom. The molecular weight excluding hydrogens is 604 g/mol. The van der Waals surface area contributed by atoms with Gasteiger partial charge in [0.2, 0.25) is 17.7 Å². The van der Waals surface area contributed by atoms with Crippen molar-refractivity contribution in [1.82, 2.24) is 16.0 Å². The summed E-state index contributed by atoms with van der Waals surface area (Å²) in [6, 6.07) is 4.02. The van der Waals surface area contributed by atoms with E-state index in [0.29, 0.717) is 57.3 Å². The van der Waals surface area contributed by atoms with Crippen molar-refractivity contribution in [2.45, 2.75) is 51.8 Å². The highest BCUT2D eigenvalue weighted by molar-refractivity contribution is 5.98. The molecule has 0 fully saturated rings. The van der Waals surface area contributed by atoms with E-state index in [0.717, 1.165) is 0 Å². The Bertz CT molecular complexity index is 1080. The molecule has 0 saturated heterocycles. The van der Waals surface area contributed by atoms with Crippen molar-refractivity contribution < 1.29 is 43.2 Å². The summed E-state index contributed by atoms with van der Waals surface area (Å²) in [5.41, 5.74) is 14.4. The van der Waals surface area contributed by atoms with E-state index in [1.54, 1.807) is 38.1 Å². The molecule has 0 saturated carbocycles. The molecule has 17 nitrogen and oxygen atoms in total. The second-order valence-corrected chi connectivity index (χ2v) is 10.3. The first-order valence-corrected chi connectivity index (χ1v) is 15.1. The van der Waals surface area contributed by atoms with Crippen LogP contribution in [0.5, 0.6) is 0 Å². The van der Waals surface area contributed by atoms with Gasteiger partial charge in [-0.2, -0.15) is 0 Å². The van der Waals surface area contributed by atoms with E-state index in [1.165, 1.54) is 0 Å². The topological polar surface area (TPSA) is 248 Å². The monoisotopic (exact) mass is 652 g/mol. The van der Waals surface area contributed by atoms with Crippen LogP contribution >= 0.6 is 0 Å². The Morgan fingerprint density at radius 2 is 1.48 bits per heavy atom. The lowest BCUT2D eigenvalue weighted by Crippen LogP contribution is -2.54. The van der Waals surface area contributed by atoms with Crippen LogP contribution in [-0.2, 0) is 39.9 Å². The number of anilines is 1. The molecule has 0 bridgehead atoms. The number of ether oxygens (including phenoxy) is 4. The van der Waals surface area contributed by atoms with Gasteiger partial charge in [-0.3, -0.25) is 14.4 Å². The highest BCUT2D eigenvalue weighted by atomic mass is 16.6. The van der Waals surface area contributed by atoms with Gasteiger partial charge in [-0.05, 0) is 42.0 Å². The number of nitrogens with two attached hydrogens (primary N) is 1. The number of benzene rings is 1. The zero-order valence-electron chi connectivity index (χ0n) is 26.6. The van der Waals surface area contributed by atoms with Gasteiger partial charge in [-0.25, -0.2) is 4.79 Å². The van der Waals surface area contributed by atoms with Gasteiger partial charge in [0, 0.05) is 30.1 Å². The zero-order chi connectivity index (χ0) is 34.0. The molecule has 17 heteroatoms. The predicted octanol–water partition coefficient (Wildman–Crippen LogP) is 0.958. The number of aliphatic hydroxyl groups excluding tert-OH is 1. The maximum absolute atomic E-state index is 13.2. The van der Waals surface area contributed by atoms with Crippen molar-refractivity contribution in [3.8, 4) is 0 Å². The average Bonchev–Trinajstić information content (AvgIpc) is 3.03. The molecule has 5 amide bonds. The highest BCUT2D eigenvalue weighted by Gasteiger charge is 2.28. The number of hydrogen-bond acceptors (Lipinski definition) is 10. The van der Waals surface area contributed by atoms with Gasteiger partial charge in [0.15, 0.2) is 0 Å². The molecule has 0 aliphatic carbocycles. The van der Waals surface area contributed by atoms with Crippen molar-refractivity contribution in [3.05, 3.63) is 40.3 Å². The van der Waals surface area contributed by atoms with Crippen LogP contribution in [0, 0.1) is 5.92 Å². The molecule has 0 aliphatic heterocycles. The number of carbonyl (C=O) groups excluding carboxylic acids is 4. The SMILES string of the molecule is CC(C)[C@@H](NC(=O)CCOCCOCCOCCOCCN=[N+]=[N-])C(=O)N[C@@H](CCCNC(N)=O)C(=O)Nc1ccc(CO)cc1. The Hall–Kier alpha value is -3.99. The first kappa shape index (κ1) is 40.0. The minimum absolute atomic E-state index is 0.0197. The second-order valence-electron chi connectivity index (χ2n) is 10.3. The summed E-state index contributed by atoms with van der Waals surface area (Å²) in [4.78, 5) is 52.5. The number of rotatable bonds is 26. The van der Waals surface area contributed by atoms with Crippen LogP contribution in [0.25, 0.3) is 10.4 Å². The van der Waals surface area contributed by atoms with Crippen LogP contribution in [-0.4, -0.2) is 107 Å². The normalized spacial score (nSPS) is 12.1. The summed E-state index contributed by atoms with van der Waals surface area (Å²) in [5, 5.41) is 23.2. The Balaban J connectivity index is 2.45. The number of urea groups is 1. The molecule has 0 aromatic heterocycles. The van der Waals surface area contributed by atoms with Crippen LogP contribution in [0.15, 0.2) is 29.4 Å². The molecule has 2 atom stereocenters. The van der Waals surface area contributed by atoms with Crippen LogP contribution in [0.3, 0.4) is 0 Å². The number of azide groups is 1. The van der Waals surface area contributed by atoms with Gasteiger partial charge in [-0.15, -0.1) is 0 Å². The smallest absolute Gasteiger partial charge is 0.312 e. The zero-order valence-corrected chi connectivity index (χ0v) is 26.6. The van der Waals surface area contributed by atoms with E-state index < -0.39 is 29.9 Å². The third-order valence-electron chi connectivity index (χ3n) is 6.26. The summed E-state index contributed by atoms with van der Waals surface area (Å²) in [7, 11) is 0. The summed E-state index contributed by atoms with van der Waals surface area (Å²) in [5.74, 6) is -1.68. The Morgan fingerprint density at radius 3 is 2.02 bits per heavy atom.